The van der Waals surface area contributed by atoms with Crippen LogP contribution in [0.3, 0.4) is 0 Å². The Morgan fingerprint density at radius 3 is 2.48 bits per heavy atom. The van der Waals surface area contributed by atoms with E-state index in [4.69, 9.17) is 4.74 Å². The minimum absolute atomic E-state index is 0.00714. The molecule has 0 spiro atoms. The number of ether oxygens (including phenoxy) is 1. The average Bonchev–Trinajstić information content (AvgIpc) is 2.76. The number of amides is 3. The summed E-state index contributed by atoms with van der Waals surface area (Å²) in [4.78, 5) is 35.6. The van der Waals surface area contributed by atoms with Gasteiger partial charge in [0.2, 0.25) is 0 Å². The molecule has 23 heavy (non-hydrogen) atoms. The number of hydrogen-bond acceptors (Lipinski definition) is 4. The van der Waals surface area contributed by atoms with Crippen LogP contribution in [-0.4, -0.2) is 42.5 Å². The number of nitrogens with zero attached hydrogens (tertiary/aromatic N) is 1. The fourth-order valence-electron chi connectivity index (χ4n) is 3.69. The number of hydrogen-bond donors (Lipinski definition) is 1. The summed E-state index contributed by atoms with van der Waals surface area (Å²) in [6.07, 6.45) is 6.50. The molecule has 1 N–H and O–H groups in total. The minimum atomic E-state index is -0.498. The Morgan fingerprint density at radius 1 is 1.22 bits per heavy atom. The van der Waals surface area contributed by atoms with Crippen LogP contribution in [0.2, 0.25) is 0 Å². The van der Waals surface area contributed by atoms with Gasteiger partial charge in [0.25, 0.3) is 11.8 Å². The van der Waals surface area contributed by atoms with E-state index in [9.17, 15) is 14.4 Å². The first-order valence-corrected chi connectivity index (χ1v) is 8.15. The molecule has 6 heteroatoms. The van der Waals surface area contributed by atoms with Gasteiger partial charge in [-0.1, -0.05) is 27.2 Å². The molecular formula is C17H26N2O4. The summed E-state index contributed by atoms with van der Waals surface area (Å²) < 4.78 is 5.06. The molecule has 1 heterocycles. The van der Waals surface area contributed by atoms with Crippen molar-refractivity contribution in [3.05, 3.63) is 12.2 Å². The highest BCUT2D eigenvalue weighted by atomic mass is 16.5. The van der Waals surface area contributed by atoms with E-state index in [1.54, 1.807) is 0 Å². The number of alkyl carbamates (subject to hydrolysis) is 1. The van der Waals surface area contributed by atoms with Crippen LogP contribution < -0.4 is 5.32 Å². The van der Waals surface area contributed by atoms with Gasteiger partial charge in [-0.05, 0) is 30.1 Å². The normalized spacial score (nSPS) is 26.5. The Bertz CT molecular complexity index is 509. The molecule has 0 aromatic rings. The third kappa shape index (κ3) is 4.81. The van der Waals surface area contributed by atoms with Crippen LogP contribution in [0.5, 0.6) is 0 Å². The minimum Gasteiger partial charge on any atom is -0.448 e. The average molecular weight is 322 g/mol. The molecule has 1 aliphatic carbocycles. The van der Waals surface area contributed by atoms with Crippen LogP contribution in [0.4, 0.5) is 4.79 Å². The summed E-state index contributed by atoms with van der Waals surface area (Å²) in [7, 11) is 0. The zero-order valence-electron chi connectivity index (χ0n) is 14.2. The molecule has 0 bridgehead atoms. The first kappa shape index (κ1) is 17.5. The Morgan fingerprint density at radius 2 is 1.87 bits per heavy atom. The lowest BCUT2D eigenvalue weighted by Gasteiger charge is -2.42. The quantitative estimate of drug-likeness (QED) is 0.788. The summed E-state index contributed by atoms with van der Waals surface area (Å²) in [5.41, 5.74) is 0.396. The summed E-state index contributed by atoms with van der Waals surface area (Å²) in [6, 6.07) is 0. The highest BCUT2D eigenvalue weighted by Gasteiger charge is 2.36. The predicted molar refractivity (Wildman–Crippen MR) is 85.6 cm³/mol. The smallest absolute Gasteiger partial charge is 0.407 e. The first-order valence-electron chi connectivity index (χ1n) is 8.15. The van der Waals surface area contributed by atoms with Crippen molar-refractivity contribution in [1.29, 1.82) is 0 Å². The van der Waals surface area contributed by atoms with Gasteiger partial charge in [-0.3, -0.25) is 14.5 Å². The molecule has 6 nitrogen and oxygen atoms in total. The first-order chi connectivity index (χ1) is 10.7. The molecule has 1 fully saturated rings. The summed E-state index contributed by atoms with van der Waals surface area (Å²) in [5.74, 6) is -0.730. The maximum Gasteiger partial charge on any atom is 0.407 e. The second kappa shape index (κ2) is 6.72. The highest BCUT2D eigenvalue weighted by Crippen LogP contribution is 2.45. The van der Waals surface area contributed by atoms with Crippen molar-refractivity contribution in [2.45, 2.75) is 46.5 Å². The summed E-state index contributed by atoms with van der Waals surface area (Å²) in [5, 5.41) is 2.81. The van der Waals surface area contributed by atoms with E-state index in [1.165, 1.54) is 25.0 Å². The second-order valence-electron chi connectivity index (χ2n) is 7.66. The molecule has 128 valence electrons. The third-order valence-electron chi connectivity index (χ3n) is 4.65. The van der Waals surface area contributed by atoms with Crippen molar-refractivity contribution in [3.8, 4) is 0 Å². The van der Waals surface area contributed by atoms with E-state index >= 15 is 0 Å². The van der Waals surface area contributed by atoms with Gasteiger partial charge in [0, 0.05) is 18.7 Å². The lowest BCUT2D eigenvalue weighted by Crippen LogP contribution is -2.41. The molecule has 2 aliphatic rings. The third-order valence-corrected chi connectivity index (χ3v) is 4.65. The van der Waals surface area contributed by atoms with Crippen LogP contribution in [-0.2, 0) is 14.3 Å². The standard InChI is InChI=1S/C17H26N2O4/c1-16(2)7-4-8-17(3,11-16)12-18-15(22)23-10-9-19-13(20)5-6-14(19)21/h5-6H,4,7-12H2,1-3H3,(H,18,22). The van der Waals surface area contributed by atoms with Crippen molar-refractivity contribution in [2.75, 3.05) is 19.7 Å². The van der Waals surface area contributed by atoms with Crippen molar-refractivity contribution in [1.82, 2.24) is 10.2 Å². The Balaban J connectivity index is 1.69. The van der Waals surface area contributed by atoms with Crippen LogP contribution in [0, 0.1) is 10.8 Å². The number of nitrogens with one attached hydrogen (secondary N) is 1. The van der Waals surface area contributed by atoms with E-state index in [0.29, 0.717) is 12.0 Å². The van der Waals surface area contributed by atoms with E-state index in [0.717, 1.165) is 17.7 Å². The molecule has 1 saturated carbocycles. The monoisotopic (exact) mass is 322 g/mol. The maximum atomic E-state index is 11.8. The van der Waals surface area contributed by atoms with Crippen LogP contribution in [0.25, 0.3) is 0 Å². The number of carbonyl (C=O) groups excluding carboxylic acids is 3. The maximum absolute atomic E-state index is 11.8. The van der Waals surface area contributed by atoms with E-state index in [-0.39, 0.29) is 30.4 Å². The molecule has 0 saturated heterocycles. The molecule has 2 rings (SSSR count). The van der Waals surface area contributed by atoms with E-state index in [1.807, 2.05) is 0 Å². The molecule has 1 unspecified atom stereocenters. The van der Waals surface area contributed by atoms with Gasteiger partial charge in [-0.25, -0.2) is 4.79 Å². The van der Waals surface area contributed by atoms with Crippen LogP contribution in [0.1, 0.15) is 46.5 Å². The van der Waals surface area contributed by atoms with Crippen molar-refractivity contribution < 1.29 is 19.1 Å². The van der Waals surface area contributed by atoms with E-state index < -0.39 is 6.09 Å². The number of rotatable bonds is 5. The molecule has 1 atom stereocenters. The van der Waals surface area contributed by atoms with Crippen molar-refractivity contribution in [2.24, 2.45) is 10.8 Å². The van der Waals surface area contributed by atoms with Gasteiger partial charge in [0.1, 0.15) is 6.61 Å². The molecule has 1 aliphatic heterocycles. The van der Waals surface area contributed by atoms with Crippen LogP contribution in [0.15, 0.2) is 12.2 Å². The Labute approximate surface area is 137 Å². The molecule has 3 amide bonds. The largest absolute Gasteiger partial charge is 0.448 e. The Hall–Kier alpha value is -1.85. The summed E-state index contributed by atoms with van der Waals surface area (Å²) in [6.45, 7) is 7.40. The SMILES string of the molecule is CC1(C)CCCC(C)(CNC(=O)OCCN2C(=O)C=CC2=O)C1. The van der Waals surface area contributed by atoms with Gasteiger partial charge in [-0.15, -0.1) is 0 Å². The van der Waals surface area contributed by atoms with Gasteiger partial charge in [0.05, 0.1) is 6.54 Å². The highest BCUT2D eigenvalue weighted by molar-refractivity contribution is 6.12. The second-order valence-corrected chi connectivity index (χ2v) is 7.66. The molecule has 0 aromatic carbocycles. The van der Waals surface area contributed by atoms with Gasteiger partial charge in [-0.2, -0.15) is 0 Å². The zero-order valence-corrected chi connectivity index (χ0v) is 14.2. The van der Waals surface area contributed by atoms with Crippen molar-refractivity contribution >= 4 is 17.9 Å². The van der Waals surface area contributed by atoms with Gasteiger partial charge in [0.15, 0.2) is 0 Å². The van der Waals surface area contributed by atoms with Crippen molar-refractivity contribution in [3.63, 3.8) is 0 Å². The van der Waals surface area contributed by atoms with Gasteiger partial charge >= 0.3 is 6.09 Å². The Kier molecular flexibility index (Phi) is 5.12. The molecular weight excluding hydrogens is 296 g/mol. The van der Waals surface area contributed by atoms with Crippen LogP contribution >= 0.6 is 0 Å². The molecule has 0 aromatic heterocycles. The topological polar surface area (TPSA) is 75.7 Å². The fraction of sp³-hybridized carbons (Fsp3) is 0.706. The predicted octanol–water partition coefficient (Wildman–Crippen LogP) is 2.24. The lowest BCUT2D eigenvalue weighted by molar-refractivity contribution is -0.137. The fourth-order valence-corrected chi connectivity index (χ4v) is 3.69. The summed E-state index contributed by atoms with van der Waals surface area (Å²) >= 11 is 0. The number of carbonyl (C=O) groups is 3. The van der Waals surface area contributed by atoms with E-state index in [2.05, 4.69) is 26.1 Å². The number of imide groups is 1. The zero-order chi connectivity index (χ0) is 17.1. The lowest BCUT2D eigenvalue weighted by atomic mass is 9.64. The van der Waals surface area contributed by atoms with Gasteiger partial charge < -0.3 is 10.1 Å². The molecule has 0 radical (unpaired) electrons.